The van der Waals surface area contributed by atoms with E-state index in [1.807, 2.05) is 18.2 Å². The Kier molecular flexibility index (Phi) is 7.43. The van der Waals surface area contributed by atoms with Gasteiger partial charge in [-0.05, 0) is 48.4 Å². The van der Waals surface area contributed by atoms with Crippen molar-refractivity contribution in [3.05, 3.63) is 47.2 Å². The van der Waals surface area contributed by atoms with E-state index in [0.29, 0.717) is 12.3 Å². The second kappa shape index (κ2) is 10.2. The van der Waals surface area contributed by atoms with E-state index >= 15 is 0 Å². The van der Waals surface area contributed by atoms with Gasteiger partial charge in [-0.2, -0.15) is 4.99 Å². The molecule has 1 aromatic rings. The van der Waals surface area contributed by atoms with Crippen molar-refractivity contribution < 1.29 is 38.5 Å². The minimum atomic E-state index is -4.77. The number of aliphatic hydroxyl groups excluding tert-OH is 2. The lowest BCUT2D eigenvalue weighted by molar-refractivity contribution is -0.0175. The SMILES string of the molecule is O=P(O)(O)CP(=O)(O)OCC1C[C@@H](C2CC=C3C(=N[C@H]4CCc5ccccc54)N=C(Cl)NN32)[C@H](O)[C@@H]1O. The molecule has 0 saturated heterocycles. The molecule has 0 aromatic heterocycles. The van der Waals surface area contributed by atoms with Crippen LogP contribution >= 0.6 is 26.8 Å². The number of halogens is 1. The van der Waals surface area contributed by atoms with Crippen LogP contribution < -0.4 is 5.43 Å². The van der Waals surface area contributed by atoms with Crippen molar-refractivity contribution in [3.63, 3.8) is 0 Å². The quantitative estimate of drug-likeness (QED) is 0.207. The second-order valence-corrected chi connectivity index (χ2v) is 14.2. The van der Waals surface area contributed by atoms with Crippen LogP contribution in [0.25, 0.3) is 0 Å². The average Bonchev–Trinajstić information content (AvgIpc) is 3.48. The van der Waals surface area contributed by atoms with E-state index in [2.05, 4.69) is 22.6 Å². The first-order valence-electron chi connectivity index (χ1n) is 11.9. The van der Waals surface area contributed by atoms with Crippen molar-refractivity contribution in [2.24, 2.45) is 21.8 Å². The number of nitrogens with zero attached hydrogens (tertiary/aromatic N) is 3. The van der Waals surface area contributed by atoms with Crippen molar-refractivity contribution in [2.45, 2.75) is 50.0 Å². The smallest absolute Gasteiger partial charge is 0.340 e. The first-order valence-corrected chi connectivity index (χ1v) is 15.9. The Morgan fingerprint density at radius 2 is 1.95 bits per heavy atom. The number of fused-ring (bicyclic) bond motifs is 2. The zero-order valence-electron chi connectivity index (χ0n) is 19.7. The molecule has 0 amide bonds. The molecular weight excluding hydrogens is 546 g/mol. The van der Waals surface area contributed by atoms with Crippen LogP contribution in [0.1, 0.15) is 36.4 Å². The van der Waals surface area contributed by atoms with Gasteiger partial charge in [0, 0.05) is 11.8 Å². The number of rotatable bonds is 7. The minimum absolute atomic E-state index is 0.0398. The molecule has 1 saturated carbocycles. The number of aliphatic hydroxyl groups is 2. The van der Waals surface area contributed by atoms with Gasteiger partial charge in [0.1, 0.15) is 0 Å². The highest BCUT2D eigenvalue weighted by Gasteiger charge is 2.49. The summed E-state index contributed by atoms with van der Waals surface area (Å²) >= 11 is 6.32. The Morgan fingerprint density at radius 1 is 1.19 bits per heavy atom. The number of aryl methyl sites for hydroxylation is 1. The fourth-order valence-electron chi connectivity index (χ4n) is 5.71. The van der Waals surface area contributed by atoms with Crippen LogP contribution in [-0.4, -0.2) is 71.8 Å². The van der Waals surface area contributed by atoms with Crippen molar-refractivity contribution in [1.29, 1.82) is 0 Å². The third kappa shape index (κ3) is 5.73. The molecule has 2 aliphatic heterocycles. The molecule has 15 heteroatoms. The van der Waals surface area contributed by atoms with Gasteiger partial charge in [-0.15, -0.1) is 0 Å². The third-order valence-electron chi connectivity index (χ3n) is 7.36. The molecule has 12 nitrogen and oxygen atoms in total. The van der Waals surface area contributed by atoms with Crippen LogP contribution in [0.4, 0.5) is 0 Å². The van der Waals surface area contributed by atoms with Crippen LogP contribution in [0.3, 0.4) is 0 Å². The predicted octanol–water partition coefficient (Wildman–Crippen LogP) is 1.84. The number of hydrogen-bond acceptors (Lipinski definition) is 8. The first-order chi connectivity index (χ1) is 17.4. The lowest BCUT2D eigenvalue weighted by Crippen LogP contribution is -2.52. The Hall–Kier alpha value is -1.59. The summed E-state index contributed by atoms with van der Waals surface area (Å²) in [5.74, 6) is -1.99. The molecule has 0 bridgehead atoms. The van der Waals surface area contributed by atoms with Gasteiger partial charge in [0.15, 0.2) is 11.7 Å². The predicted molar refractivity (Wildman–Crippen MR) is 136 cm³/mol. The molecule has 1 fully saturated rings. The number of benzene rings is 1. The van der Waals surface area contributed by atoms with Gasteiger partial charge >= 0.3 is 15.2 Å². The van der Waals surface area contributed by atoms with Gasteiger partial charge in [-0.1, -0.05) is 30.3 Å². The fourth-order valence-corrected chi connectivity index (χ4v) is 8.49. The van der Waals surface area contributed by atoms with Crippen LogP contribution in [0.15, 0.2) is 46.0 Å². The molecular formula is C22H29ClN4O8P2. The van der Waals surface area contributed by atoms with Gasteiger partial charge in [0.2, 0.25) is 5.29 Å². The number of hydrazine groups is 1. The van der Waals surface area contributed by atoms with Gasteiger partial charge in [-0.3, -0.25) is 24.6 Å². The molecule has 4 aliphatic rings. The number of amidine groups is 2. The largest absolute Gasteiger partial charge is 0.390 e. The molecule has 5 rings (SSSR count). The molecule has 2 aliphatic carbocycles. The molecule has 37 heavy (non-hydrogen) atoms. The zero-order chi connectivity index (χ0) is 26.5. The first kappa shape index (κ1) is 27.0. The maximum Gasteiger partial charge on any atom is 0.340 e. The van der Waals surface area contributed by atoms with Crippen LogP contribution in [0.5, 0.6) is 0 Å². The number of hydrogen-bond donors (Lipinski definition) is 6. The summed E-state index contributed by atoms with van der Waals surface area (Å²) in [4.78, 5) is 37.0. The molecule has 6 N–H and O–H groups in total. The lowest BCUT2D eigenvalue weighted by Gasteiger charge is -2.37. The maximum absolute atomic E-state index is 12.0. The van der Waals surface area contributed by atoms with Crippen molar-refractivity contribution in [3.8, 4) is 0 Å². The highest BCUT2D eigenvalue weighted by Crippen LogP contribution is 2.56. The van der Waals surface area contributed by atoms with Crippen LogP contribution in [0, 0.1) is 11.8 Å². The van der Waals surface area contributed by atoms with E-state index in [-0.39, 0.29) is 23.8 Å². The monoisotopic (exact) mass is 574 g/mol. The molecule has 3 unspecified atom stereocenters. The van der Waals surface area contributed by atoms with Gasteiger partial charge < -0.3 is 29.4 Å². The fraction of sp³-hybridized carbons (Fsp3) is 0.545. The molecule has 0 radical (unpaired) electrons. The average molecular weight is 575 g/mol. The Morgan fingerprint density at radius 3 is 2.70 bits per heavy atom. The van der Waals surface area contributed by atoms with Gasteiger partial charge in [-0.25, -0.2) is 0 Å². The molecule has 202 valence electrons. The zero-order valence-corrected chi connectivity index (χ0v) is 22.2. The van der Waals surface area contributed by atoms with Crippen molar-refractivity contribution >= 4 is 37.9 Å². The number of aliphatic imine (C=N–C) groups is 2. The maximum atomic E-state index is 12.0. The Bertz CT molecular complexity index is 1250. The summed E-state index contributed by atoms with van der Waals surface area (Å²) in [6, 6.07) is 7.81. The van der Waals surface area contributed by atoms with E-state index in [1.54, 1.807) is 5.01 Å². The van der Waals surface area contributed by atoms with E-state index in [9.17, 15) is 24.2 Å². The van der Waals surface area contributed by atoms with Gasteiger partial charge in [0.25, 0.3) is 0 Å². The summed E-state index contributed by atoms with van der Waals surface area (Å²) in [7, 11) is -9.34. The summed E-state index contributed by atoms with van der Waals surface area (Å²) in [5.41, 5.74) is 6.17. The van der Waals surface area contributed by atoms with Gasteiger partial charge in [0.05, 0.1) is 36.6 Å². The Balaban J connectivity index is 1.29. The Labute approximate surface area is 218 Å². The van der Waals surface area contributed by atoms with E-state index < -0.39 is 51.7 Å². The third-order valence-corrected chi connectivity index (χ3v) is 11.0. The standard InChI is InChI=1S/C22H29ClN4O8P2/c23-22-25-21(24-16-6-5-12-3-1-2-4-14(12)16)18-8-7-17(27(18)26-22)15-9-13(19(28)20(15)29)10-35-37(33,34)11-36(30,31)32/h1-4,8,13,15-17,19-20,28-29H,5-7,9-11H2,(H,33,34)(H,24,25,26)(H2,30,31,32)/t13?,15-,16-,17?,19+,20-/m0/s1. The highest BCUT2D eigenvalue weighted by atomic mass is 35.5. The molecule has 7 atom stereocenters. The van der Waals surface area contributed by atoms with Crippen molar-refractivity contribution in [2.75, 3.05) is 12.5 Å². The summed E-state index contributed by atoms with van der Waals surface area (Å²) in [5, 5.41) is 23.4. The topological polar surface area (TPSA) is 185 Å². The molecule has 2 heterocycles. The number of nitrogens with one attached hydrogen (secondary N) is 1. The van der Waals surface area contributed by atoms with E-state index in [1.165, 1.54) is 11.1 Å². The highest BCUT2D eigenvalue weighted by molar-refractivity contribution is 7.70. The molecule has 0 spiro atoms. The normalized spacial score (nSPS) is 34.0. The summed E-state index contributed by atoms with van der Waals surface area (Å²) in [6.45, 7) is -0.432. The van der Waals surface area contributed by atoms with Crippen LogP contribution in [0.2, 0.25) is 0 Å². The van der Waals surface area contributed by atoms with Crippen molar-refractivity contribution in [1.82, 2.24) is 10.4 Å². The van der Waals surface area contributed by atoms with E-state index in [4.69, 9.17) is 30.9 Å². The van der Waals surface area contributed by atoms with Crippen LogP contribution in [-0.2, 0) is 20.1 Å². The van der Waals surface area contributed by atoms with E-state index in [0.717, 1.165) is 18.5 Å². The minimum Gasteiger partial charge on any atom is -0.390 e. The second-order valence-electron chi connectivity index (χ2n) is 9.86. The molecule has 1 aromatic carbocycles. The summed E-state index contributed by atoms with van der Waals surface area (Å²) in [6.07, 6.45) is 2.11. The lowest BCUT2D eigenvalue weighted by atomic mass is 9.93. The summed E-state index contributed by atoms with van der Waals surface area (Å²) < 4.78 is 28.0.